The average molecular weight is 532 g/mol. The summed E-state index contributed by atoms with van der Waals surface area (Å²) in [4.78, 5) is 2.42. The Bertz CT molecular complexity index is 882. The Morgan fingerprint density at radius 2 is 1.37 bits per heavy atom. The first-order valence-corrected chi connectivity index (χ1v) is 11.7. The van der Waals surface area contributed by atoms with Gasteiger partial charge < -0.3 is 29.6 Å². The molecule has 200 valence electrons. The molecule has 0 aromatic heterocycles. The van der Waals surface area contributed by atoms with Gasteiger partial charge in [-0.15, -0.1) is 24.8 Å². The molecule has 0 amide bonds. The Hall–Kier alpha value is -1.86. The normalized spacial score (nSPS) is 12.4. The number of hydrogen-bond donors (Lipinski definition) is 1. The Morgan fingerprint density at radius 3 is 1.89 bits per heavy atom. The van der Waals surface area contributed by atoms with Crippen molar-refractivity contribution in [1.82, 2.24) is 4.90 Å². The van der Waals surface area contributed by atoms with Crippen molar-refractivity contribution in [3.8, 4) is 23.0 Å². The van der Waals surface area contributed by atoms with Gasteiger partial charge in [-0.05, 0) is 74.2 Å². The first kappa shape index (κ1) is 33.1. The fraction of sp³-hybridized carbons (Fsp3) is 0.556. The van der Waals surface area contributed by atoms with Gasteiger partial charge in [0.25, 0.3) is 0 Å². The number of rotatable bonds is 14. The summed E-state index contributed by atoms with van der Waals surface area (Å²) in [6.07, 6.45) is 2.90. The predicted molar refractivity (Wildman–Crippen MR) is 150 cm³/mol. The maximum Gasteiger partial charge on any atom is 0.161 e. The largest absolute Gasteiger partial charge is 0.493 e. The number of halogens is 2. The van der Waals surface area contributed by atoms with E-state index in [0.29, 0.717) is 12.5 Å². The minimum absolute atomic E-state index is 0. The highest BCUT2D eigenvalue weighted by Gasteiger charge is 2.37. The zero-order chi connectivity index (χ0) is 24.4. The Morgan fingerprint density at radius 1 is 0.829 bits per heavy atom. The molecule has 1 unspecified atom stereocenters. The van der Waals surface area contributed by atoms with Gasteiger partial charge in [0.1, 0.15) is 0 Å². The van der Waals surface area contributed by atoms with E-state index in [9.17, 15) is 0 Å². The molecule has 0 saturated carbocycles. The van der Waals surface area contributed by atoms with E-state index in [1.807, 2.05) is 12.1 Å². The van der Waals surface area contributed by atoms with Crippen molar-refractivity contribution in [2.24, 2.45) is 11.7 Å². The van der Waals surface area contributed by atoms with Gasteiger partial charge in [0.15, 0.2) is 23.0 Å². The van der Waals surface area contributed by atoms with Crippen molar-refractivity contribution >= 4 is 24.8 Å². The van der Waals surface area contributed by atoms with E-state index in [1.165, 1.54) is 11.1 Å². The molecule has 2 N–H and O–H groups in total. The molecule has 1 atom stereocenters. The Labute approximate surface area is 224 Å². The molecule has 0 fully saturated rings. The van der Waals surface area contributed by atoms with Crippen LogP contribution < -0.4 is 24.7 Å². The second-order valence-electron chi connectivity index (χ2n) is 8.95. The molecule has 0 saturated heterocycles. The van der Waals surface area contributed by atoms with Crippen LogP contribution in [0.15, 0.2) is 36.4 Å². The van der Waals surface area contributed by atoms with Crippen molar-refractivity contribution in [3.63, 3.8) is 0 Å². The third-order valence-corrected chi connectivity index (χ3v) is 6.67. The van der Waals surface area contributed by atoms with Crippen molar-refractivity contribution in [3.05, 3.63) is 47.5 Å². The summed E-state index contributed by atoms with van der Waals surface area (Å²) in [7, 11) is 8.89. The molecule has 8 heteroatoms. The third-order valence-electron chi connectivity index (χ3n) is 6.67. The molecular weight excluding hydrogens is 487 g/mol. The number of nitrogens with two attached hydrogens (primary N) is 1. The van der Waals surface area contributed by atoms with Gasteiger partial charge in [0.2, 0.25) is 0 Å². The third kappa shape index (κ3) is 8.35. The number of hydrogen-bond acceptors (Lipinski definition) is 6. The van der Waals surface area contributed by atoms with E-state index in [1.54, 1.807) is 28.4 Å². The Kier molecular flexibility index (Phi) is 15.1. The lowest BCUT2D eigenvalue weighted by atomic mass is 9.68. The summed E-state index contributed by atoms with van der Waals surface area (Å²) in [5, 5.41) is 0. The molecule has 0 aliphatic carbocycles. The maximum atomic E-state index is 5.95. The summed E-state index contributed by atoms with van der Waals surface area (Å²) >= 11 is 0. The van der Waals surface area contributed by atoms with E-state index in [4.69, 9.17) is 24.7 Å². The van der Waals surface area contributed by atoms with E-state index < -0.39 is 0 Å². The van der Waals surface area contributed by atoms with Crippen LogP contribution in [0.3, 0.4) is 0 Å². The molecule has 0 aliphatic rings. The highest BCUT2D eigenvalue weighted by Crippen LogP contribution is 2.41. The lowest BCUT2D eigenvalue weighted by molar-refractivity contribution is 0.180. The van der Waals surface area contributed by atoms with E-state index >= 15 is 0 Å². The van der Waals surface area contributed by atoms with Crippen LogP contribution in [0.4, 0.5) is 0 Å². The van der Waals surface area contributed by atoms with Crippen LogP contribution in [0, 0.1) is 5.92 Å². The Balaban J connectivity index is 0.00000578. The van der Waals surface area contributed by atoms with E-state index in [0.717, 1.165) is 55.4 Å². The zero-order valence-electron chi connectivity index (χ0n) is 22.3. The summed E-state index contributed by atoms with van der Waals surface area (Å²) in [6, 6.07) is 12.5. The van der Waals surface area contributed by atoms with Gasteiger partial charge in [-0.25, -0.2) is 0 Å². The van der Waals surface area contributed by atoms with Gasteiger partial charge in [-0.2, -0.15) is 0 Å². The molecule has 2 aromatic rings. The summed E-state index contributed by atoms with van der Waals surface area (Å²) < 4.78 is 21.9. The highest BCUT2D eigenvalue weighted by atomic mass is 35.5. The molecule has 2 aromatic carbocycles. The fourth-order valence-electron chi connectivity index (χ4n) is 4.60. The van der Waals surface area contributed by atoms with Gasteiger partial charge in [-0.3, -0.25) is 0 Å². The molecule has 0 spiro atoms. The highest BCUT2D eigenvalue weighted by molar-refractivity contribution is 5.85. The van der Waals surface area contributed by atoms with Crippen molar-refractivity contribution in [2.75, 3.05) is 55.1 Å². The van der Waals surface area contributed by atoms with Crippen LogP contribution in [-0.2, 0) is 11.8 Å². The van der Waals surface area contributed by atoms with Gasteiger partial charge in [-0.1, -0.05) is 26.0 Å². The smallest absolute Gasteiger partial charge is 0.161 e. The fourth-order valence-corrected chi connectivity index (χ4v) is 4.60. The minimum atomic E-state index is -0.0503. The second kappa shape index (κ2) is 16.0. The first-order chi connectivity index (χ1) is 15.8. The quantitative estimate of drug-likeness (QED) is 0.354. The SMILES string of the molecule is COc1ccc(CCN(C)CC(CCCN)(c2ccc(OC)c(OC)c2)C(C)C)cc1OC.Cl.Cl. The molecule has 0 bridgehead atoms. The van der Waals surface area contributed by atoms with Crippen molar-refractivity contribution in [1.29, 1.82) is 0 Å². The van der Waals surface area contributed by atoms with Crippen LogP contribution in [0.1, 0.15) is 37.8 Å². The van der Waals surface area contributed by atoms with Crippen molar-refractivity contribution in [2.45, 2.75) is 38.5 Å². The molecular formula is C27H44Cl2N2O4. The molecule has 0 radical (unpaired) electrons. The predicted octanol–water partition coefficient (Wildman–Crippen LogP) is 5.37. The summed E-state index contributed by atoms with van der Waals surface area (Å²) in [6.45, 7) is 7.13. The lowest BCUT2D eigenvalue weighted by Crippen LogP contribution is -2.44. The number of nitrogens with zero attached hydrogens (tertiary/aromatic N) is 1. The monoisotopic (exact) mass is 530 g/mol. The van der Waals surface area contributed by atoms with Gasteiger partial charge in [0, 0.05) is 18.5 Å². The summed E-state index contributed by atoms with van der Waals surface area (Å²) in [5.74, 6) is 3.46. The maximum absolute atomic E-state index is 5.95. The molecule has 35 heavy (non-hydrogen) atoms. The van der Waals surface area contributed by atoms with Gasteiger partial charge in [0.05, 0.1) is 28.4 Å². The number of likely N-dealkylation sites (N-methyl/N-ethyl adjacent to an activating group) is 1. The molecule has 2 rings (SSSR count). The van der Waals surface area contributed by atoms with Crippen LogP contribution in [0.25, 0.3) is 0 Å². The minimum Gasteiger partial charge on any atom is -0.493 e. The van der Waals surface area contributed by atoms with Crippen molar-refractivity contribution < 1.29 is 18.9 Å². The first-order valence-electron chi connectivity index (χ1n) is 11.7. The van der Waals surface area contributed by atoms with Gasteiger partial charge >= 0.3 is 0 Å². The van der Waals surface area contributed by atoms with E-state index in [2.05, 4.69) is 50.1 Å². The van der Waals surface area contributed by atoms with E-state index in [-0.39, 0.29) is 30.2 Å². The number of ether oxygens (including phenoxy) is 4. The number of benzene rings is 2. The molecule has 6 nitrogen and oxygen atoms in total. The second-order valence-corrected chi connectivity index (χ2v) is 8.95. The van der Waals surface area contributed by atoms with Crippen LogP contribution in [0.2, 0.25) is 0 Å². The number of methoxy groups -OCH3 is 4. The lowest BCUT2D eigenvalue weighted by Gasteiger charge is -2.42. The average Bonchev–Trinajstić information content (AvgIpc) is 2.84. The van der Waals surface area contributed by atoms with Crippen LogP contribution >= 0.6 is 24.8 Å². The van der Waals surface area contributed by atoms with Crippen LogP contribution in [-0.4, -0.2) is 60.0 Å². The topological polar surface area (TPSA) is 66.2 Å². The standard InChI is InChI=1S/C27H42N2O4.2ClH/c1-20(2)27(14-8-15-28,22-10-12-24(31-5)26(18-22)33-7)19-29(3)16-13-21-9-11-23(30-4)25(17-21)32-6;;/h9-12,17-18,20H,8,13-16,19,28H2,1-7H3;2*1H. The van der Waals surface area contributed by atoms with Crippen LogP contribution in [0.5, 0.6) is 23.0 Å². The zero-order valence-corrected chi connectivity index (χ0v) is 23.9. The summed E-state index contributed by atoms with van der Waals surface area (Å²) in [5.41, 5.74) is 8.39. The molecule has 0 heterocycles. The molecule has 0 aliphatic heterocycles.